The average molecular weight is 605 g/mol. The molecule has 0 spiro atoms. The molecule has 2 aromatic rings. The third-order valence-corrected chi connectivity index (χ3v) is 7.18. The van der Waals surface area contributed by atoms with Gasteiger partial charge in [-0.15, -0.1) is 0 Å². The van der Waals surface area contributed by atoms with Gasteiger partial charge >= 0.3 is 36.9 Å². The van der Waals surface area contributed by atoms with Crippen LogP contribution in [0.1, 0.15) is 44.8 Å². The zero-order valence-electron chi connectivity index (χ0n) is 21.8. The maximum absolute atomic E-state index is 14.8. The lowest BCUT2D eigenvalue weighted by Gasteiger charge is -2.33. The van der Waals surface area contributed by atoms with Crippen LogP contribution in [0.25, 0.3) is 0 Å². The Hall–Kier alpha value is -4.70. The smallest absolute Gasteiger partial charge is 0.534 e. The Kier molecular flexibility index (Phi) is 8.68. The number of carboxylic acid groups (broad SMARTS) is 2. The number of hydrogen-bond acceptors (Lipinski definition) is 8. The van der Waals surface area contributed by atoms with Crippen LogP contribution >= 0.6 is 11.6 Å². The lowest BCUT2D eigenvalue weighted by molar-refractivity contribution is -0.153. The van der Waals surface area contributed by atoms with Crippen LogP contribution < -0.4 is 15.3 Å². The average Bonchev–Trinajstić information content (AvgIpc) is 2.94. The van der Waals surface area contributed by atoms with Gasteiger partial charge < -0.3 is 35.4 Å². The topological polar surface area (TPSA) is 203 Å². The van der Waals surface area contributed by atoms with Crippen LogP contribution in [0, 0.1) is 5.82 Å². The molecule has 2 atom stereocenters. The van der Waals surface area contributed by atoms with Gasteiger partial charge in [-0.3, -0.25) is 19.3 Å². The minimum absolute atomic E-state index is 0.0252. The molecule has 17 heteroatoms. The number of rotatable bonds is 7. The van der Waals surface area contributed by atoms with Crippen molar-refractivity contribution >= 4 is 54.4 Å². The van der Waals surface area contributed by atoms with Crippen LogP contribution in [0.4, 0.5) is 9.18 Å². The zero-order chi connectivity index (χ0) is 30.9. The predicted octanol–water partition coefficient (Wildman–Crippen LogP) is 0.457. The fourth-order valence-electron chi connectivity index (χ4n) is 4.59. The van der Waals surface area contributed by atoms with Crippen molar-refractivity contribution in [3.63, 3.8) is 0 Å². The Morgan fingerprint density at radius 1 is 1.10 bits per heavy atom. The summed E-state index contributed by atoms with van der Waals surface area (Å²) in [6.07, 6.45) is -0.115. The van der Waals surface area contributed by atoms with E-state index in [1.807, 2.05) is 0 Å². The van der Waals surface area contributed by atoms with Gasteiger partial charge in [-0.05, 0) is 31.0 Å². The molecule has 4 rings (SSSR count). The number of carbonyl (C=O) groups is 6. The molecule has 5 N–H and O–H groups in total. The number of carbonyl (C=O) groups excluding carboxylic acids is 4. The Morgan fingerprint density at radius 3 is 2.43 bits per heavy atom. The minimum atomic E-state index is -1.85. The summed E-state index contributed by atoms with van der Waals surface area (Å²) in [6.45, 7) is 1.68. The summed E-state index contributed by atoms with van der Waals surface area (Å²) < 4.78 is 20.2. The van der Waals surface area contributed by atoms with Gasteiger partial charge in [0.05, 0.1) is 22.1 Å². The van der Waals surface area contributed by atoms with Crippen molar-refractivity contribution in [2.75, 3.05) is 19.6 Å². The summed E-state index contributed by atoms with van der Waals surface area (Å²) in [5.74, 6) is -8.85. The lowest BCUT2D eigenvalue weighted by Crippen LogP contribution is -2.60. The monoisotopic (exact) mass is 604 g/mol. The standard InChI is InChI=1S/C25H23BClFN4O10/c1-2-31-8-9-32(22(35)21(31)34)25(40)30-18(12-6-7-13(23(36)37)17(28)16(12)27)20(33)29-15-10-11-4-3-5-14(24(38)39)19(11)42-26(15)41/h3-7,15,18,41H,2,8-10H2,1H3,(H,29,33)(H,30,40)(H,36,37)(H,38,39)/t15-,18?/m0/s1. The molecule has 14 nitrogen and oxygen atoms in total. The van der Waals surface area contributed by atoms with Gasteiger partial charge in [-0.1, -0.05) is 29.8 Å². The van der Waals surface area contributed by atoms with Crippen molar-refractivity contribution in [3.05, 3.63) is 63.4 Å². The first-order valence-electron chi connectivity index (χ1n) is 12.5. The molecule has 1 fully saturated rings. The number of piperazine rings is 1. The normalized spacial score (nSPS) is 17.2. The maximum atomic E-state index is 14.8. The van der Waals surface area contributed by atoms with E-state index in [0.717, 1.165) is 12.1 Å². The van der Waals surface area contributed by atoms with Gasteiger partial charge in [-0.25, -0.2) is 18.8 Å². The van der Waals surface area contributed by atoms with E-state index in [2.05, 4.69) is 10.6 Å². The molecule has 0 radical (unpaired) electrons. The van der Waals surface area contributed by atoms with Crippen LogP contribution in [0.5, 0.6) is 5.75 Å². The maximum Gasteiger partial charge on any atom is 0.547 e. The summed E-state index contributed by atoms with van der Waals surface area (Å²) in [6, 6.07) is 2.98. The van der Waals surface area contributed by atoms with Crippen LogP contribution in [0.3, 0.4) is 0 Å². The first-order chi connectivity index (χ1) is 19.8. The highest BCUT2D eigenvalue weighted by Gasteiger charge is 2.41. The van der Waals surface area contributed by atoms with Crippen LogP contribution in [0.2, 0.25) is 5.02 Å². The number of aromatic carboxylic acids is 2. The highest BCUT2D eigenvalue weighted by molar-refractivity contribution is 6.47. The van der Waals surface area contributed by atoms with Crippen molar-refractivity contribution in [1.29, 1.82) is 0 Å². The van der Waals surface area contributed by atoms with Gasteiger partial charge in [-0.2, -0.15) is 0 Å². The van der Waals surface area contributed by atoms with Gasteiger partial charge in [0.1, 0.15) is 11.8 Å². The van der Waals surface area contributed by atoms with E-state index in [0.29, 0.717) is 10.5 Å². The predicted molar refractivity (Wildman–Crippen MR) is 141 cm³/mol. The second-order valence-electron chi connectivity index (χ2n) is 9.29. The van der Waals surface area contributed by atoms with E-state index >= 15 is 0 Å². The van der Waals surface area contributed by atoms with Gasteiger partial charge in [0, 0.05) is 25.2 Å². The SMILES string of the molecule is CCN1CCN(C(=O)NC(C(=O)N[C@H]2Cc3cccc(C(=O)O)c3OB2O)c2ccc(C(=O)O)c(F)c2Cl)C(=O)C1=O. The van der Waals surface area contributed by atoms with Gasteiger partial charge in [0.2, 0.25) is 5.91 Å². The van der Waals surface area contributed by atoms with Crippen molar-refractivity contribution in [3.8, 4) is 5.75 Å². The first kappa shape index (κ1) is 30.3. The molecular weight excluding hydrogens is 582 g/mol. The second-order valence-corrected chi connectivity index (χ2v) is 9.66. The van der Waals surface area contributed by atoms with E-state index in [4.69, 9.17) is 16.3 Å². The van der Waals surface area contributed by atoms with Crippen molar-refractivity contribution < 1.29 is 53.0 Å². The molecule has 0 aliphatic carbocycles. The molecule has 0 aromatic heterocycles. The van der Waals surface area contributed by atoms with Crippen molar-refractivity contribution in [2.24, 2.45) is 0 Å². The molecule has 0 saturated carbocycles. The number of carboxylic acids is 2. The number of fused-ring (bicyclic) bond motifs is 1. The highest BCUT2D eigenvalue weighted by atomic mass is 35.5. The quantitative estimate of drug-likeness (QED) is 0.218. The minimum Gasteiger partial charge on any atom is -0.534 e. The molecule has 5 amide bonds. The van der Waals surface area contributed by atoms with E-state index in [1.165, 1.54) is 23.1 Å². The van der Waals surface area contributed by atoms with Crippen LogP contribution in [-0.4, -0.2) is 93.4 Å². The van der Waals surface area contributed by atoms with E-state index in [9.17, 15) is 48.4 Å². The number of urea groups is 1. The number of imide groups is 1. The summed E-state index contributed by atoms with van der Waals surface area (Å²) in [5, 5.41) is 33.0. The number of nitrogens with one attached hydrogen (secondary N) is 2. The molecule has 1 saturated heterocycles. The van der Waals surface area contributed by atoms with E-state index < -0.39 is 76.8 Å². The number of amides is 5. The molecule has 42 heavy (non-hydrogen) atoms. The summed E-state index contributed by atoms with van der Waals surface area (Å²) >= 11 is 6.09. The van der Waals surface area contributed by atoms with Crippen molar-refractivity contribution in [1.82, 2.24) is 20.4 Å². The number of benzene rings is 2. The molecule has 220 valence electrons. The highest BCUT2D eigenvalue weighted by Crippen LogP contribution is 2.32. The number of halogens is 2. The molecule has 2 heterocycles. The summed E-state index contributed by atoms with van der Waals surface area (Å²) in [7, 11) is -1.75. The summed E-state index contributed by atoms with van der Waals surface area (Å²) in [5.41, 5.74) is -1.09. The van der Waals surface area contributed by atoms with Crippen LogP contribution in [-0.2, 0) is 20.8 Å². The molecule has 0 bridgehead atoms. The second kappa shape index (κ2) is 12.0. The Labute approximate surface area is 242 Å². The molecule has 2 aliphatic heterocycles. The number of likely N-dealkylation sites (N-methyl/N-ethyl adjacent to an activating group) is 1. The fraction of sp³-hybridized carbons (Fsp3) is 0.280. The third kappa shape index (κ3) is 5.71. The summed E-state index contributed by atoms with van der Waals surface area (Å²) in [4.78, 5) is 76.1. The Morgan fingerprint density at radius 2 is 1.79 bits per heavy atom. The first-order valence-corrected chi connectivity index (χ1v) is 12.9. The number of nitrogens with zero attached hydrogens (tertiary/aromatic N) is 2. The third-order valence-electron chi connectivity index (χ3n) is 6.80. The lowest BCUT2D eigenvalue weighted by atomic mass is 9.72. The number of hydrogen-bond donors (Lipinski definition) is 5. The molecule has 1 unspecified atom stereocenters. The number of para-hydroxylation sites is 1. The van der Waals surface area contributed by atoms with Gasteiger partial charge in [0.15, 0.2) is 5.82 Å². The zero-order valence-corrected chi connectivity index (χ0v) is 22.6. The van der Waals surface area contributed by atoms with Crippen LogP contribution in [0.15, 0.2) is 30.3 Å². The molecule has 2 aliphatic rings. The largest absolute Gasteiger partial charge is 0.547 e. The molecular formula is C25H23BClFN4O10. The molecule has 2 aromatic carbocycles. The van der Waals surface area contributed by atoms with Crippen molar-refractivity contribution in [2.45, 2.75) is 25.3 Å². The van der Waals surface area contributed by atoms with Gasteiger partial charge in [0.25, 0.3) is 0 Å². The fourth-order valence-corrected chi connectivity index (χ4v) is 4.86. The Bertz CT molecular complexity index is 1510. The van der Waals surface area contributed by atoms with E-state index in [1.54, 1.807) is 6.92 Å². The Balaban J connectivity index is 1.64. The van der Waals surface area contributed by atoms with E-state index in [-0.39, 0.29) is 37.4 Å².